The van der Waals surface area contributed by atoms with Crippen molar-refractivity contribution in [2.24, 2.45) is 5.10 Å². The number of rotatable bonds is 7. The minimum Gasteiger partial charge on any atom is -0.469 e. The molecule has 1 rings (SSSR count). The van der Waals surface area contributed by atoms with Crippen molar-refractivity contribution < 1.29 is 24.0 Å². The average molecular weight is 344 g/mol. The van der Waals surface area contributed by atoms with Crippen molar-refractivity contribution in [3.63, 3.8) is 0 Å². The third kappa shape index (κ3) is 5.55. The standard InChI is InChI=1S/C13H14ClN3O6/c1-22-12(18)6-4-9(13(19)23-2)15-16-10-7-8(14)3-5-11(10)17(20)21/h3,5,7,16H,4,6H2,1-2H3/b15-9+. The maximum Gasteiger partial charge on any atom is 0.354 e. The number of anilines is 1. The molecular formula is C13H14ClN3O6. The predicted octanol–water partition coefficient (Wildman–Crippen LogP) is 2.14. The number of nitro groups is 1. The van der Waals surface area contributed by atoms with E-state index in [0.717, 1.165) is 7.11 Å². The Morgan fingerprint density at radius 2 is 2.00 bits per heavy atom. The number of carbonyl (C=O) groups excluding carboxylic acids is 2. The summed E-state index contributed by atoms with van der Waals surface area (Å²) in [4.78, 5) is 33.1. The number of hydrogen-bond acceptors (Lipinski definition) is 8. The zero-order valence-corrected chi connectivity index (χ0v) is 13.1. The summed E-state index contributed by atoms with van der Waals surface area (Å²) in [7, 11) is 2.36. The number of hydrazone groups is 1. The van der Waals surface area contributed by atoms with Crippen LogP contribution in [0.25, 0.3) is 0 Å². The van der Waals surface area contributed by atoms with Gasteiger partial charge in [-0.3, -0.25) is 20.3 Å². The molecule has 1 aromatic carbocycles. The molecule has 0 unspecified atom stereocenters. The Labute approximate surface area is 136 Å². The molecule has 0 fully saturated rings. The molecule has 0 saturated carbocycles. The second-order valence-electron chi connectivity index (χ2n) is 4.16. The zero-order valence-electron chi connectivity index (χ0n) is 12.4. The lowest BCUT2D eigenvalue weighted by Gasteiger charge is -2.06. The molecule has 0 radical (unpaired) electrons. The highest BCUT2D eigenvalue weighted by Crippen LogP contribution is 2.27. The average Bonchev–Trinajstić information content (AvgIpc) is 2.53. The van der Waals surface area contributed by atoms with Gasteiger partial charge in [-0.1, -0.05) is 11.6 Å². The number of ether oxygens (including phenoxy) is 2. The Hall–Kier alpha value is -2.68. The summed E-state index contributed by atoms with van der Waals surface area (Å²) in [5.74, 6) is -1.30. The molecule has 1 aromatic rings. The van der Waals surface area contributed by atoms with Crippen molar-refractivity contribution in [2.75, 3.05) is 19.6 Å². The van der Waals surface area contributed by atoms with E-state index in [-0.39, 0.29) is 35.0 Å². The van der Waals surface area contributed by atoms with Gasteiger partial charge in [-0.15, -0.1) is 0 Å². The number of carbonyl (C=O) groups is 2. The highest BCUT2D eigenvalue weighted by atomic mass is 35.5. The van der Waals surface area contributed by atoms with Gasteiger partial charge in [-0.05, 0) is 12.1 Å². The van der Waals surface area contributed by atoms with Crippen LogP contribution < -0.4 is 5.43 Å². The van der Waals surface area contributed by atoms with Crippen molar-refractivity contribution in [1.29, 1.82) is 0 Å². The Balaban J connectivity index is 3.00. The smallest absolute Gasteiger partial charge is 0.354 e. The highest BCUT2D eigenvalue weighted by Gasteiger charge is 2.17. The lowest BCUT2D eigenvalue weighted by molar-refractivity contribution is -0.384. The molecule has 1 N–H and O–H groups in total. The Kier molecular flexibility index (Phi) is 6.94. The first kappa shape index (κ1) is 18.4. The van der Waals surface area contributed by atoms with Crippen molar-refractivity contribution in [1.82, 2.24) is 0 Å². The van der Waals surface area contributed by atoms with Gasteiger partial charge in [0.25, 0.3) is 5.69 Å². The van der Waals surface area contributed by atoms with E-state index in [9.17, 15) is 19.7 Å². The largest absolute Gasteiger partial charge is 0.469 e. The van der Waals surface area contributed by atoms with Crippen LogP contribution in [-0.2, 0) is 19.1 Å². The van der Waals surface area contributed by atoms with Gasteiger partial charge < -0.3 is 9.47 Å². The number of nitrogens with zero attached hydrogens (tertiary/aromatic N) is 2. The maximum absolute atomic E-state index is 11.6. The Morgan fingerprint density at radius 1 is 1.30 bits per heavy atom. The number of nitro benzene ring substituents is 1. The van der Waals surface area contributed by atoms with Gasteiger partial charge in [0, 0.05) is 17.5 Å². The Bertz CT molecular complexity index is 647. The van der Waals surface area contributed by atoms with Crippen LogP contribution in [0.2, 0.25) is 5.02 Å². The molecule has 0 saturated heterocycles. The molecule has 0 aliphatic heterocycles. The minimum absolute atomic E-state index is 0.00183. The molecule has 0 spiro atoms. The van der Waals surface area contributed by atoms with Crippen LogP contribution in [0.5, 0.6) is 0 Å². The molecule has 0 aromatic heterocycles. The van der Waals surface area contributed by atoms with Crippen LogP contribution >= 0.6 is 11.6 Å². The van der Waals surface area contributed by atoms with E-state index in [1.54, 1.807) is 0 Å². The monoisotopic (exact) mass is 343 g/mol. The SMILES string of the molecule is COC(=O)CC/C(=N\Nc1cc(Cl)ccc1[N+](=O)[O-])C(=O)OC. The second kappa shape index (κ2) is 8.69. The molecule has 0 heterocycles. The number of hydrogen-bond donors (Lipinski definition) is 1. The summed E-state index contributed by atoms with van der Waals surface area (Å²) in [6.07, 6.45) is -0.148. The fourth-order valence-corrected chi connectivity index (χ4v) is 1.70. The van der Waals surface area contributed by atoms with Crippen molar-refractivity contribution in [3.05, 3.63) is 33.3 Å². The number of methoxy groups -OCH3 is 2. The summed E-state index contributed by atoms with van der Waals surface area (Å²) in [6, 6.07) is 3.85. The van der Waals surface area contributed by atoms with E-state index in [2.05, 4.69) is 20.0 Å². The molecule has 0 aliphatic carbocycles. The number of esters is 2. The van der Waals surface area contributed by atoms with E-state index in [0.29, 0.717) is 0 Å². The number of halogens is 1. The molecule has 23 heavy (non-hydrogen) atoms. The lowest BCUT2D eigenvalue weighted by atomic mass is 10.2. The fourth-order valence-electron chi connectivity index (χ4n) is 1.53. The van der Waals surface area contributed by atoms with Crippen LogP contribution in [0.3, 0.4) is 0 Å². The summed E-state index contributed by atoms with van der Waals surface area (Å²) in [6.45, 7) is 0. The molecule has 9 nitrogen and oxygen atoms in total. The van der Waals surface area contributed by atoms with Gasteiger partial charge in [0.15, 0.2) is 0 Å². The van der Waals surface area contributed by atoms with Gasteiger partial charge in [0.1, 0.15) is 11.4 Å². The van der Waals surface area contributed by atoms with E-state index >= 15 is 0 Å². The quantitative estimate of drug-likeness (QED) is 0.348. The molecule has 124 valence electrons. The van der Waals surface area contributed by atoms with Crippen molar-refractivity contribution in [2.45, 2.75) is 12.8 Å². The van der Waals surface area contributed by atoms with Crippen LogP contribution in [-0.4, -0.2) is 36.8 Å². The minimum atomic E-state index is -0.772. The first-order valence-corrected chi connectivity index (χ1v) is 6.68. The van der Waals surface area contributed by atoms with Crippen molar-refractivity contribution in [3.8, 4) is 0 Å². The lowest BCUT2D eigenvalue weighted by Crippen LogP contribution is -2.19. The first-order valence-electron chi connectivity index (χ1n) is 6.30. The zero-order chi connectivity index (χ0) is 17.4. The molecule has 0 amide bonds. The fraction of sp³-hybridized carbons (Fsp3) is 0.308. The van der Waals surface area contributed by atoms with Crippen LogP contribution in [0, 0.1) is 10.1 Å². The third-order valence-electron chi connectivity index (χ3n) is 2.68. The number of nitrogens with one attached hydrogen (secondary N) is 1. The van der Waals surface area contributed by atoms with E-state index in [1.807, 2.05) is 0 Å². The normalized spacial score (nSPS) is 10.8. The van der Waals surface area contributed by atoms with Gasteiger partial charge in [-0.25, -0.2) is 4.79 Å². The molecule has 0 bridgehead atoms. The van der Waals surface area contributed by atoms with Gasteiger partial charge in [0.2, 0.25) is 0 Å². The predicted molar refractivity (Wildman–Crippen MR) is 82.4 cm³/mol. The second-order valence-corrected chi connectivity index (χ2v) is 4.59. The van der Waals surface area contributed by atoms with Gasteiger partial charge in [-0.2, -0.15) is 5.10 Å². The molecular weight excluding hydrogens is 330 g/mol. The summed E-state index contributed by atoms with van der Waals surface area (Å²) in [5.41, 5.74) is 2.02. The van der Waals surface area contributed by atoms with E-state index in [1.165, 1.54) is 25.3 Å². The Morgan fingerprint density at radius 3 is 2.57 bits per heavy atom. The molecule has 0 aliphatic rings. The highest BCUT2D eigenvalue weighted by molar-refractivity contribution is 6.36. The summed E-state index contributed by atoms with van der Waals surface area (Å²) >= 11 is 5.78. The van der Waals surface area contributed by atoms with Crippen LogP contribution in [0.1, 0.15) is 12.8 Å². The van der Waals surface area contributed by atoms with E-state index in [4.69, 9.17) is 11.6 Å². The summed E-state index contributed by atoms with van der Waals surface area (Å²) in [5, 5.41) is 15.0. The third-order valence-corrected chi connectivity index (χ3v) is 2.92. The number of benzene rings is 1. The van der Waals surface area contributed by atoms with Gasteiger partial charge in [0.05, 0.1) is 25.6 Å². The molecule has 10 heteroatoms. The van der Waals surface area contributed by atoms with Crippen LogP contribution in [0.4, 0.5) is 11.4 Å². The van der Waals surface area contributed by atoms with Crippen LogP contribution in [0.15, 0.2) is 23.3 Å². The first-order chi connectivity index (χ1) is 10.9. The maximum atomic E-state index is 11.6. The molecule has 0 atom stereocenters. The van der Waals surface area contributed by atoms with E-state index < -0.39 is 16.9 Å². The topological polar surface area (TPSA) is 120 Å². The summed E-state index contributed by atoms with van der Waals surface area (Å²) < 4.78 is 9.02. The van der Waals surface area contributed by atoms with Crippen molar-refractivity contribution >= 4 is 40.6 Å². The van der Waals surface area contributed by atoms with Gasteiger partial charge >= 0.3 is 11.9 Å².